The third-order valence-corrected chi connectivity index (χ3v) is 5.26. The molecule has 1 saturated carbocycles. The smallest absolute Gasteiger partial charge is 0.248 e. The van der Waals surface area contributed by atoms with Gasteiger partial charge in [0.2, 0.25) is 12.1 Å². The van der Waals surface area contributed by atoms with Crippen LogP contribution in [0.3, 0.4) is 0 Å². The quantitative estimate of drug-likeness (QED) is 0.561. The fourth-order valence-electron chi connectivity index (χ4n) is 4.03. The van der Waals surface area contributed by atoms with Gasteiger partial charge in [-0.25, -0.2) is 0 Å². The molecule has 1 aliphatic carbocycles. The van der Waals surface area contributed by atoms with Crippen molar-refractivity contribution in [1.82, 2.24) is 10.6 Å². The zero-order valence-electron chi connectivity index (χ0n) is 12.6. The van der Waals surface area contributed by atoms with Gasteiger partial charge in [-0.1, -0.05) is 0 Å². The van der Waals surface area contributed by atoms with E-state index in [4.69, 9.17) is 18.9 Å². The van der Waals surface area contributed by atoms with Gasteiger partial charge < -0.3 is 34.7 Å². The molecule has 0 aromatic rings. The summed E-state index contributed by atoms with van der Waals surface area (Å²) in [7, 11) is 3.69. The topological polar surface area (TPSA) is 84.5 Å². The molecule has 0 aromatic heterocycles. The van der Waals surface area contributed by atoms with Crippen LogP contribution in [0.5, 0.6) is 0 Å². The van der Waals surface area contributed by atoms with Crippen LogP contribution >= 0.6 is 0 Å². The Morgan fingerprint density at radius 2 is 1.90 bits per heavy atom. The maximum Gasteiger partial charge on any atom is 0.248 e. The summed E-state index contributed by atoms with van der Waals surface area (Å²) in [6.07, 6.45) is 0.339. The summed E-state index contributed by atoms with van der Waals surface area (Å²) in [5.74, 6) is -0.755. The van der Waals surface area contributed by atoms with E-state index in [1.165, 1.54) is 0 Å². The number of nitrogens with one attached hydrogen (secondary N) is 2. The number of epoxide rings is 1. The van der Waals surface area contributed by atoms with Crippen LogP contribution < -0.4 is 10.6 Å². The van der Waals surface area contributed by atoms with Crippen molar-refractivity contribution in [3.63, 3.8) is 0 Å². The molecule has 4 rings (SSSR count). The number of hydrogen-bond donors (Lipinski definition) is 3. The van der Waals surface area contributed by atoms with Gasteiger partial charge in [0.1, 0.15) is 12.2 Å². The average Bonchev–Trinajstić information content (AvgIpc) is 3.15. The Balaban J connectivity index is 1.58. The first-order valence-electron chi connectivity index (χ1n) is 7.78. The molecular formula is C14H24N2O5. The molecule has 7 heteroatoms. The number of aliphatic hydroxyl groups is 1. The van der Waals surface area contributed by atoms with Crippen molar-refractivity contribution in [3.05, 3.63) is 0 Å². The largest absolute Gasteiger partial charge is 0.390 e. The van der Waals surface area contributed by atoms with Gasteiger partial charge in [-0.15, -0.1) is 0 Å². The van der Waals surface area contributed by atoms with Gasteiger partial charge >= 0.3 is 0 Å². The first kappa shape index (κ1) is 14.3. The Morgan fingerprint density at radius 3 is 2.62 bits per heavy atom. The Bertz CT molecular complexity index is 424. The van der Waals surface area contributed by atoms with E-state index in [1.54, 1.807) is 0 Å². The Labute approximate surface area is 124 Å². The van der Waals surface area contributed by atoms with E-state index in [0.29, 0.717) is 6.42 Å². The standard InChI is InChI=1S/C14H24N2O5/c1-6-4-9-14(20-9)13(18-6)19-8-5-7(15-2)11(17)10(16-3)12(8)21-14/h6-13,15-17H,4-5H2,1-3H3/t6-,7+,8?,9-,10+,11+,12?,13?,14+/m1/s1. The number of likely N-dealkylation sites (N-methyl/N-ethyl adjacent to an activating group) is 2. The monoisotopic (exact) mass is 300 g/mol. The molecule has 120 valence electrons. The van der Waals surface area contributed by atoms with Gasteiger partial charge in [0.15, 0.2) is 0 Å². The SMILES string of the molecule is CN[C@H]1CC2OC3O[C@H](C)C[C@H]4O[C@@]34OC2[C@@H](NC)[C@H]1O. The summed E-state index contributed by atoms with van der Waals surface area (Å²) in [6.45, 7) is 2.03. The van der Waals surface area contributed by atoms with E-state index in [-0.39, 0.29) is 36.5 Å². The van der Waals surface area contributed by atoms with E-state index >= 15 is 0 Å². The molecule has 9 atom stereocenters. The van der Waals surface area contributed by atoms with E-state index < -0.39 is 18.2 Å². The van der Waals surface area contributed by atoms with Gasteiger partial charge in [0, 0.05) is 12.5 Å². The van der Waals surface area contributed by atoms with Crippen molar-refractivity contribution >= 4 is 0 Å². The zero-order valence-corrected chi connectivity index (χ0v) is 12.6. The lowest BCUT2D eigenvalue weighted by Gasteiger charge is -2.50. The van der Waals surface area contributed by atoms with Crippen LogP contribution in [0, 0.1) is 0 Å². The Hall–Kier alpha value is -0.280. The second-order valence-corrected chi connectivity index (χ2v) is 6.54. The lowest BCUT2D eigenvalue weighted by molar-refractivity contribution is -0.363. The number of ether oxygens (including phenoxy) is 4. The van der Waals surface area contributed by atoms with Crippen LogP contribution in [-0.4, -0.2) is 73.9 Å². The normalized spacial score (nSPS) is 58.9. The maximum absolute atomic E-state index is 10.5. The lowest BCUT2D eigenvalue weighted by atomic mass is 9.82. The van der Waals surface area contributed by atoms with Gasteiger partial charge in [0.25, 0.3) is 0 Å². The van der Waals surface area contributed by atoms with Crippen molar-refractivity contribution in [2.45, 2.75) is 74.4 Å². The highest BCUT2D eigenvalue weighted by Crippen LogP contribution is 2.54. The van der Waals surface area contributed by atoms with E-state index in [9.17, 15) is 5.11 Å². The molecular weight excluding hydrogens is 276 g/mol. The fraction of sp³-hybridized carbons (Fsp3) is 1.00. The van der Waals surface area contributed by atoms with Crippen LogP contribution in [0.1, 0.15) is 19.8 Å². The highest BCUT2D eigenvalue weighted by molar-refractivity contribution is 5.10. The van der Waals surface area contributed by atoms with Crippen LogP contribution in [0.4, 0.5) is 0 Å². The maximum atomic E-state index is 10.5. The molecule has 3 saturated heterocycles. The first-order chi connectivity index (χ1) is 10.1. The minimum atomic E-state index is -0.755. The van der Waals surface area contributed by atoms with Crippen LogP contribution in [-0.2, 0) is 18.9 Å². The summed E-state index contributed by atoms with van der Waals surface area (Å²) < 4.78 is 24.1. The summed E-state index contributed by atoms with van der Waals surface area (Å²) >= 11 is 0. The predicted octanol–water partition coefficient (Wildman–Crippen LogP) is -1.06. The number of rotatable bonds is 2. The van der Waals surface area contributed by atoms with Crippen molar-refractivity contribution in [1.29, 1.82) is 0 Å². The van der Waals surface area contributed by atoms with Crippen molar-refractivity contribution in [2.24, 2.45) is 0 Å². The molecule has 0 bridgehead atoms. The van der Waals surface area contributed by atoms with Gasteiger partial charge in [0.05, 0.1) is 24.4 Å². The van der Waals surface area contributed by atoms with Crippen LogP contribution in [0.15, 0.2) is 0 Å². The molecule has 21 heavy (non-hydrogen) atoms. The highest BCUT2D eigenvalue weighted by Gasteiger charge is 2.72. The second kappa shape index (κ2) is 4.86. The molecule has 7 nitrogen and oxygen atoms in total. The Kier molecular flexibility index (Phi) is 3.31. The third kappa shape index (κ3) is 1.99. The van der Waals surface area contributed by atoms with E-state index in [0.717, 1.165) is 6.42 Å². The number of aliphatic hydroxyl groups excluding tert-OH is 1. The lowest BCUT2D eigenvalue weighted by Crippen LogP contribution is -2.70. The second-order valence-electron chi connectivity index (χ2n) is 6.54. The summed E-state index contributed by atoms with van der Waals surface area (Å²) in [6, 6.07) is -0.223. The molecule has 0 radical (unpaired) electrons. The molecule has 3 aliphatic heterocycles. The molecule has 3 N–H and O–H groups in total. The molecule has 0 aromatic carbocycles. The minimum absolute atomic E-state index is 0.0294. The first-order valence-corrected chi connectivity index (χ1v) is 7.78. The van der Waals surface area contributed by atoms with Gasteiger partial charge in [-0.05, 0) is 27.4 Å². The average molecular weight is 300 g/mol. The van der Waals surface area contributed by atoms with Crippen molar-refractivity contribution in [3.8, 4) is 0 Å². The molecule has 0 amide bonds. The molecule has 3 heterocycles. The molecule has 4 aliphatic rings. The van der Waals surface area contributed by atoms with E-state index in [2.05, 4.69) is 10.6 Å². The predicted molar refractivity (Wildman–Crippen MR) is 72.6 cm³/mol. The van der Waals surface area contributed by atoms with Crippen LogP contribution in [0.25, 0.3) is 0 Å². The van der Waals surface area contributed by atoms with Crippen LogP contribution in [0.2, 0.25) is 0 Å². The van der Waals surface area contributed by atoms with E-state index in [1.807, 2.05) is 21.0 Å². The third-order valence-electron chi connectivity index (χ3n) is 5.26. The number of hydrogen-bond acceptors (Lipinski definition) is 7. The minimum Gasteiger partial charge on any atom is -0.390 e. The van der Waals surface area contributed by atoms with Gasteiger partial charge in [-0.2, -0.15) is 0 Å². The summed E-state index contributed by atoms with van der Waals surface area (Å²) in [5, 5.41) is 16.8. The number of fused-ring (bicyclic) bond motifs is 1. The highest BCUT2D eigenvalue weighted by atomic mass is 16.9. The summed E-state index contributed by atoms with van der Waals surface area (Å²) in [5.41, 5.74) is 0. The van der Waals surface area contributed by atoms with Crippen molar-refractivity contribution in [2.75, 3.05) is 14.1 Å². The van der Waals surface area contributed by atoms with Crippen molar-refractivity contribution < 1.29 is 24.1 Å². The molecule has 3 unspecified atom stereocenters. The fourth-order valence-corrected chi connectivity index (χ4v) is 4.03. The summed E-state index contributed by atoms with van der Waals surface area (Å²) in [4.78, 5) is 0. The molecule has 1 spiro atoms. The Morgan fingerprint density at radius 1 is 1.10 bits per heavy atom. The zero-order chi connectivity index (χ0) is 14.8. The molecule has 4 fully saturated rings. The van der Waals surface area contributed by atoms with Gasteiger partial charge in [-0.3, -0.25) is 0 Å².